The molecule has 3 heterocycles. The van der Waals surface area contributed by atoms with Gasteiger partial charge in [-0.25, -0.2) is 4.98 Å². The number of carbonyl (C=O) groups is 2. The first-order valence-corrected chi connectivity index (χ1v) is 6.75. The van der Waals surface area contributed by atoms with E-state index < -0.39 is 11.8 Å². The maximum absolute atomic E-state index is 11.1. The van der Waals surface area contributed by atoms with Gasteiger partial charge < -0.3 is 16.5 Å². The van der Waals surface area contributed by atoms with Crippen LogP contribution in [0.5, 0.6) is 0 Å². The summed E-state index contributed by atoms with van der Waals surface area (Å²) in [6, 6.07) is 5.21. The Hall–Kier alpha value is -3.48. The standard InChI is InChI=1S/C16H13N5O2/c17-14(22)4-2-9-6-20-16-12(9)5-11(8-21-16)13-3-1-10(7-19-13)15(18)23/h1-8H,(H2,17,22)(H2,18,23)(H,20,21)/b4-2+. The second kappa shape index (κ2) is 5.72. The third-order valence-corrected chi connectivity index (χ3v) is 3.33. The number of primary amides is 2. The Balaban J connectivity index is 2.03. The predicted octanol–water partition coefficient (Wildman–Crippen LogP) is 1.22. The Morgan fingerprint density at radius 3 is 2.61 bits per heavy atom. The Morgan fingerprint density at radius 1 is 1.13 bits per heavy atom. The minimum Gasteiger partial charge on any atom is -0.366 e. The molecule has 0 aliphatic rings. The summed E-state index contributed by atoms with van der Waals surface area (Å²) in [6.07, 6.45) is 7.75. The van der Waals surface area contributed by atoms with Crippen LogP contribution in [0.1, 0.15) is 15.9 Å². The highest BCUT2D eigenvalue weighted by Gasteiger charge is 2.08. The normalized spacial score (nSPS) is 11.1. The van der Waals surface area contributed by atoms with Crippen molar-refractivity contribution in [3.63, 3.8) is 0 Å². The van der Waals surface area contributed by atoms with Crippen LogP contribution in [-0.4, -0.2) is 26.8 Å². The first-order valence-electron chi connectivity index (χ1n) is 6.75. The van der Waals surface area contributed by atoms with Crippen LogP contribution in [0.2, 0.25) is 0 Å². The van der Waals surface area contributed by atoms with Gasteiger partial charge in [0, 0.05) is 41.2 Å². The van der Waals surface area contributed by atoms with Crippen LogP contribution in [-0.2, 0) is 4.79 Å². The molecule has 0 bridgehead atoms. The number of carbonyl (C=O) groups excluding carboxylic acids is 2. The van der Waals surface area contributed by atoms with Gasteiger partial charge in [-0.1, -0.05) is 0 Å². The van der Waals surface area contributed by atoms with E-state index in [-0.39, 0.29) is 0 Å². The summed E-state index contributed by atoms with van der Waals surface area (Å²) in [6.45, 7) is 0. The number of H-pyrrole nitrogens is 1. The number of aromatic amines is 1. The van der Waals surface area contributed by atoms with Crippen molar-refractivity contribution in [3.05, 3.63) is 54.0 Å². The highest BCUT2D eigenvalue weighted by atomic mass is 16.1. The molecule has 0 saturated carbocycles. The fourth-order valence-electron chi connectivity index (χ4n) is 2.18. The molecule has 0 aliphatic carbocycles. The molecule has 0 saturated heterocycles. The molecule has 5 N–H and O–H groups in total. The van der Waals surface area contributed by atoms with Crippen molar-refractivity contribution in [2.75, 3.05) is 0 Å². The molecule has 3 aromatic rings. The number of rotatable bonds is 4. The number of aromatic nitrogens is 3. The molecule has 23 heavy (non-hydrogen) atoms. The van der Waals surface area contributed by atoms with Crippen LogP contribution < -0.4 is 11.5 Å². The highest BCUT2D eigenvalue weighted by Crippen LogP contribution is 2.24. The average molecular weight is 307 g/mol. The van der Waals surface area contributed by atoms with E-state index in [1.54, 1.807) is 30.6 Å². The summed E-state index contributed by atoms with van der Waals surface area (Å²) in [7, 11) is 0. The summed E-state index contributed by atoms with van der Waals surface area (Å²) in [5, 5.41) is 0.834. The predicted molar refractivity (Wildman–Crippen MR) is 86.1 cm³/mol. The zero-order chi connectivity index (χ0) is 16.4. The topological polar surface area (TPSA) is 128 Å². The smallest absolute Gasteiger partial charge is 0.250 e. The Kier molecular flexibility index (Phi) is 3.60. The molecule has 114 valence electrons. The number of hydrogen-bond donors (Lipinski definition) is 3. The lowest BCUT2D eigenvalue weighted by molar-refractivity contribution is -0.113. The largest absolute Gasteiger partial charge is 0.366 e. The molecule has 7 heteroatoms. The first kappa shape index (κ1) is 14.5. The number of nitrogens with two attached hydrogens (primary N) is 2. The molecule has 0 fully saturated rings. The highest BCUT2D eigenvalue weighted by molar-refractivity contribution is 5.95. The number of fused-ring (bicyclic) bond motifs is 1. The summed E-state index contributed by atoms with van der Waals surface area (Å²) in [5.74, 6) is -1.05. The molecule has 7 nitrogen and oxygen atoms in total. The van der Waals surface area contributed by atoms with Crippen molar-refractivity contribution < 1.29 is 9.59 Å². The molecule has 0 atom stereocenters. The van der Waals surface area contributed by atoms with Gasteiger partial charge in [-0.2, -0.15) is 0 Å². The Morgan fingerprint density at radius 2 is 1.96 bits per heavy atom. The number of pyridine rings is 2. The molecule has 0 spiro atoms. The number of hydrogen-bond acceptors (Lipinski definition) is 4. The maximum Gasteiger partial charge on any atom is 0.250 e. The summed E-state index contributed by atoms with van der Waals surface area (Å²) >= 11 is 0. The third kappa shape index (κ3) is 2.93. The van der Waals surface area contributed by atoms with Gasteiger partial charge in [-0.3, -0.25) is 14.6 Å². The second-order valence-corrected chi connectivity index (χ2v) is 4.90. The summed E-state index contributed by atoms with van der Waals surface area (Å²) in [4.78, 5) is 33.5. The zero-order valence-electron chi connectivity index (χ0n) is 12.0. The van der Waals surface area contributed by atoms with Crippen molar-refractivity contribution in [1.29, 1.82) is 0 Å². The van der Waals surface area contributed by atoms with Gasteiger partial charge in [-0.05, 0) is 24.3 Å². The summed E-state index contributed by atoms with van der Waals surface area (Å²) in [5.41, 5.74) is 13.6. The molecule has 0 aliphatic heterocycles. The molecular formula is C16H13N5O2. The van der Waals surface area contributed by atoms with E-state index in [1.807, 2.05) is 6.07 Å². The fraction of sp³-hybridized carbons (Fsp3) is 0. The quantitative estimate of drug-likeness (QED) is 0.626. The van der Waals surface area contributed by atoms with Gasteiger partial charge in [-0.15, -0.1) is 0 Å². The first-order chi connectivity index (χ1) is 11.0. The van der Waals surface area contributed by atoms with Gasteiger partial charge in [0.05, 0.1) is 11.3 Å². The lowest BCUT2D eigenvalue weighted by Crippen LogP contribution is -2.10. The average Bonchev–Trinajstić information content (AvgIpc) is 2.95. The van der Waals surface area contributed by atoms with Gasteiger partial charge in [0.15, 0.2) is 0 Å². The number of amides is 2. The summed E-state index contributed by atoms with van der Waals surface area (Å²) < 4.78 is 0. The zero-order valence-corrected chi connectivity index (χ0v) is 12.0. The van der Waals surface area contributed by atoms with Gasteiger partial charge in [0.1, 0.15) is 5.65 Å². The molecule has 0 aromatic carbocycles. The van der Waals surface area contributed by atoms with Crippen LogP contribution in [0, 0.1) is 0 Å². The molecular weight excluding hydrogens is 294 g/mol. The Bertz CT molecular complexity index is 925. The van der Waals surface area contributed by atoms with Gasteiger partial charge >= 0.3 is 0 Å². The molecule has 3 rings (SSSR count). The molecule has 2 amide bonds. The van der Waals surface area contributed by atoms with E-state index >= 15 is 0 Å². The van der Waals surface area contributed by atoms with Crippen LogP contribution in [0.3, 0.4) is 0 Å². The van der Waals surface area contributed by atoms with Crippen molar-refractivity contribution in [2.24, 2.45) is 11.5 Å². The van der Waals surface area contributed by atoms with Crippen LogP contribution in [0.25, 0.3) is 28.4 Å². The van der Waals surface area contributed by atoms with Crippen molar-refractivity contribution in [3.8, 4) is 11.3 Å². The minimum absolute atomic E-state index is 0.342. The minimum atomic E-state index is -0.526. The van der Waals surface area contributed by atoms with Crippen molar-refractivity contribution >= 4 is 28.9 Å². The molecule has 3 aromatic heterocycles. The molecule has 0 unspecified atom stereocenters. The second-order valence-electron chi connectivity index (χ2n) is 4.90. The van der Waals surface area contributed by atoms with E-state index in [1.165, 1.54) is 12.3 Å². The fourth-order valence-corrected chi connectivity index (χ4v) is 2.18. The Labute approximate surface area is 131 Å². The SMILES string of the molecule is NC(=O)/C=C/c1c[nH]c2ncc(-c3ccc(C(N)=O)cn3)cc12. The maximum atomic E-state index is 11.1. The van der Waals surface area contributed by atoms with E-state index in [0.717, 1.165) is 16.5 Å². The van der Waals surface area contributed by atoms with E-state index in [2.05, 4.69) is 15.0 Å². The third-order valence-electron chi connectivity index (χ3n) is 3.33. The van der Waals surface area contributed by atoms with Crippen molar-refractivity contribution in [1.82, 2.24) is 15.0 Å². The van der Waals surface area contributed by atoms with Crippen LogP contribution in [0.4, 0.5) is 0 Å². The van der Waals surface area contributed by atoms with E-state index in [0.29, 0.717) is 16.9 Å². The van der Waals surface area contributed by atoms with E-state index in [9.17, 15) is 9.59 Å². The lowest BCUT2D eigenvalue weighted by atomic mass is 10.1. The van der Waals surface area contributed by atoms with Crippen molar-refractivity contribution in [2.45, 2.75) is 0 Å². The van der Waals surface area contributed by atoms with Gasteiger partial charge in [0.25, 0.3) is 0 Å². The van der Waals surface area contributed by atoms with E-state index in [4.69, 9.17) is 11.5 Å². The monoisotopic (exact) mass is 307 g/mol. The lowest BCUT2D eigenvalue weighted by Gasteiger charge is -2.02. The number of nitrogens with one attached hydrogen (secondary N) is 1. The van der Waals surface area contributed by atoms with Crippen LogP contribution in [0.15, 0.2) is 42.9 Å². The number of nitrogens with zero attached hydrogens (tertiary/aromatic N) is 2. The van der Waals surface area contributed by atoms with Gasteiger partial charge in [0.2, 0.25) is 11.8 Å². The molecule has 0 radical (unpaired) electrons. The van der Waals surface area contributed by atoms with Crippen LogP contribution >= 0.6 is 0 Å².